The maximum absolute atomic E-state index is 7.50. The molecule has 0 saturated carbocycles. The summed E-state index contributed by atoms with van der Waals surface area (Å²) in [6.45, 7) is 25.0. The summed E-state index contributed by atoms with van der Waals surface area (Å²) in [6, 6.07) is 0. The summed E-state index contributed by atoms with van der Waals surface area (Å²) in [6.07, 6.45) is 13.4. The van der Waals surface area contributed by atoms with Gasteiger partial charge in [0.2, 0.25) is 0 Å². The van der Waals surface area contributed by atoms with Crippen LogP contribution in [0.2, 0.25) is 0 Å². The van der Waals surface area contributed by atoms with E-state index in [1.54, 1.807) is 18.5 Å². The summed E-state index contributed by atoms with van der Waals surface area (Å²) in [5, 5.41) is 0. The Balaban J connectivity index is -0.0000000613. The van der Waals surface area contributed by atoms with E-state index in [1.807, 2.05) is 0 Å². The topological polar surface area (TPSA) is 79.6 Å². The molecule has 0 aromatic heterocycles. The Morgan fingerprint density at radius 1 is 0.545 bits per heavy atom. The molecule has 0 atom stereocenters. The third-order valence-corrected chi connectivity index (χ3v) is 5.83. The van der Waals surface area contributed by atoms with Gasteiger partial charge in [0.25, 0.3) is 0 Å². The van der Waals surface area contributed by atoms with E-state index in [0.717, 1.165) is 0 Å². The largest absolute Gasteiger partial charge is 4.00 e. The molecule has 0 unspecified atom stereocenters. The Bertz CT molecular complexity index is 184. The van der Waals surface area contributed by atoms with Gasteiger partial charge in [0.1, 0.15) is 0 Å². The normalized spacial score (nSPS) is 6.91. The molecule has 22 heavy (non-hydrogen) atoms. The van der Waals surface area contributed by atoms with Crippen molar-refractivity contribution in [3.8, 4) is 0 Å². The van der Waals surface area contributed by atoms with Gasteiger partial charge in [-0.2, -0.15) is 0 Å². The van der Waals surface area contributed by atoms with Crippen LogP contribution in [0.15, 0.2) is 0 Å². The summed E-state index contributed by atoms with van der Waals surface area (Å²) in [4.78, 5) is 0. The van der Waals surface area contributed by atoms with Crippen LogP contribution >= 0.6 is 7.92 Å². The molecule has 0 rings (SSSR count). The zero-order valence-corrected chi connectivity index (χ0v) is 16.0. The second kappa shape index (κ2) is 58.4. The first-order chi connectivity index (χ1) is 10.3. The standard InChI is InChI=1S/C12H27P.4CO.Fe/c1-4-7-10-13(11-8-5-2)12-9-6-3;4*1-2;/h4-12H2,1-3H3;;;;;/q;;;;;+4/p+1. The van der Waals surface area contributed by atoms with Crippen molar-refractivity contribution in [3.05, 3.63) is 26.6 Å². The molecule has 4 nitrogen and oxygen atoms in total. The van der Waals surface area contributed by atoms with Crippen LogP contribution in [-0.2, 0) is 35.7 Å². The Morgan fingerprint density at radius 2 is 0.727 bits per heavy atom. The molecule has 0 aromatic carbocycles. The van der Waals surface area contributed by atoms with E-state index in [-0.39, 0.29) is 25.0 Å². The molecule has 0 aliphatic rings. The third-order valence-electron chi connectivity index (χ3n) is 2.65. The molecule has 0 spiro atoms. The van der Waals surface area contributed by atoms with Crippen LogP contribution in [0.5, 0.6) is 0 Å². The van der Waals surface area contributed by atoms with Crippen molar-refractivity contribution in [3.63, 3.8) is 0 Å². The molecule has 0 heterocycles. The molecule has 6 heteroatoms. The van der Waals surface area contributed by atoms with Gasteiger partial charge in [-0.3, -0.25) is 0 Å². The molecule has 0 aliphatic heterocycles. The second-order valence-corrected chi connectivity index (χ2v) is 7.06. The van der Waals surface area contributed by atoms with Crippen LogP contribution < -0.4 is 0 Å². The molecular weight excluding hydrogens is 343 g/mol. The first-order valence-electron chi connectivity index (χ1n) is 7.00. The fourth-order valence-corrected chi connectivity index (χ4v) is 4.97. The molecule has 0 aliphatic carbocycles. The predicted molar refractivity (Wildman–Crippen MR) is 83.4 cm³/mol. The monoisotopic (exact) mass is 371 g/mol. The van der Waals surface area contributed by atoms with Gasteiger partial charge in [-0.1, -0.05) is 40.0 Å². The second-order valence-electron chi connectivity index (χ2n) is 4.06. The van der Waals surface area contributed by atoms with E-state index in [2.05, 4.69) is 47.4 Å². The summed E-state index contributed by atoms with van der Waals surface area (Å²) >= 11 is 0. The first-order valence-corrected chi connectivity index (χ1v) is 9.12. The van der Waals surface area contributed by atoms with Crippen molar-refractivity contribution in [1.82, 2.24) is 0 Å². The molecule has 0 radical (unpaired) electrons. The van der Waals surface area contributed by atoms with Gasteiger partial charge in [0.05, 0.1) is 18.5 Å². The van der Waals surface area contributed by atoms with Crippen LogP contribution in [-0.4, -0.2) is 18.5 Å². The average molecular weight is 371 g/mol. The van der Waals surface area contributed by atoms with E-state index in [0.29, 0.717) is 0 Å². The Kier molecular flexibility index (Phi) is 101. The quantitative estimate of drug-likeness (QED) is 0.248. The smallest absolute Gasteiger partial charge is 4.00 e. The van der Waals surface area contributed by atoms with Crippen LogP contribution in [0.4, 0.5) is 0 Å². The summed E-state index contributed by atoms with van der Waals surface area (Å²) in [5.74, 6) is 0. The maximum Gasteiger partial charge on any atom is 4.00 e. The van der Waals surface area contributed by atoms with E-state index in [1.165, 1.54) is 38.5 Å². The van der Waals surface area contributed by atoms with Crippen molar-refractivity contribution < 1.29 is 35.7 Å². The van der Waals surface area contributed by atoms with E-state index in [9.17, 15) is 0 Å². The summed E-state index contributed by atoms with van der Waals surface area (Å²) < 4.78 is 30.0. The van der Waals surface area contributed by atoms with Gasteiger partial charge >= 0.3 is 62.3 Å². The van der Waals surface area contributed by atoms with E-state index >= 15 is 0 Å². The van der Waals surface area contributed by atoms with Gasteiger partial charge in [-0.15, -0.1) is 0 Å². The third kappa shape index (κ3) is 50.2. The Labute approximate surface area is 148 Å². The fraction of sp³-hybridized carbons (Fsp3) is 0.750. The van der Waals surface area contributed by atoms with Crippen molar-refractivity contribution in [2.45, 2.75) is 59.3 Å². The first kappa shape index (κ1) is 37.8. The number of hydrogen-bond acceptors (Lipinski definition) is 0. The number of rotatable bonds is 9. The fourth-order valence-electron chi connectivity index (χ4n) is 1.66. The maximum atomic E-state index is 7.50. The molecule has 0 amide bonds. The SMILES string of the molecule is CCCC[PH+](CCCC)CCCC.[C-]#[O+].[C-]#[O+].[C-]#[O+].[C-]#[O+].[Fe+4]. The molecular formula is C16H28FeO4P+5. The Hall–Kier alpha value is -0.0905. The molecule has 124 valence electrons. The van der Waals surface area contributed by atoms with Crippen molar-refractivity contribution >= 4 is 7.92 Å². The number of hydrogen-bond donors (Lipinski definition) is 0. The van der Waals surface area contributed by atoms with Crippen molar-refractivity contribution in [2.24, 2.45) is 0 Å². The summed E-state index contributed by atoms with van der Waals surface area (Å²) in [7, 11) is 0.0675. The minimum Gasteiger partial charge on any atom is 4.00 e. The van der Waals surface area contributed by atoms with Crippen molar-refractivity contribution in [2.75, 3.05) is 18.5 Å². The Morgan fingerprint density at radius 3 is 0.864 bits per heavy atom. The molecule has 0 saturated heterocycles. The summed E-state index contributed by atoms with van der Waals surface area (Å²) in [5.41, 5.74) is 0. The minimum atomic E-state index is 0. The van der Waals surface area contributed by atoms with E-state index in [4.69, 9.17) is 18.6 Å². The van der Waals surface area contributed by atoms with Crippen LogP contribution in [0.25, 0.3) is 0 Å². The molecule has 0 fully saturated rings. The van der Waals surface area contributed by atoms with Crippen LogP contribution in [0.1, 0.15) is 59.3 Å². The van der Waals surface area contributed by atoms with Gasteiger partial charge < -0.3 is 0 Å². The van der Waals surface area contributed by atoms with Crippen LogP contribution in [0, 0.1) is 26.6 Å². The zero-order chi connectivity index (χ0) is 17.9. The minimum absolute atomic E-state index is 0. The molecule has 0 bridgehead atoms. The van der Waals surface area contributed by atoms with E-state index < -0.39 is 0 Å². The molecule has 0 N–H and O–H groups in total. The van der Waals surface area contributed by atoms with Gasteiger partial charge in [-0.25, -0.2) is 0 Å². The van der Waals surface area contributed by atoms with Crippen molar-refractivity contribution in [1.29, 1.82) is 0 Å². The van der Waals surface area contributed by atoms with Gasteiger partial charge in [0, 0.05) is 7.92 Å². The predicted octanol–water partition coefficient (Wildman–Crippen LogP) is 4.45. The van der Waals surface area contributed by atoms with Gasteiger partial charge in [0.15, 0.2) is 0 Å². The average Bonchev–Trinajstić information content (AvgIpc) is 2.61. The molecule has 0 aromatic rings. The zero-order valence-electron chi connectivity index (χ0n) is 13.9. The van der Waals surface area contributed by atoms with Gasteiger partial charge in [-0.05, 0) is 19.3 Å². The number of unbranched alkanes of at least 4 members (excludes halogenated alkanes) is 3. The van der Waals surface area contributed by atoms with Crippen LogP contribution in [0.3, 0.4) is 0 Å².